The van der Waals surface area contributed by atoms with Gasteiger partial charge in [-0.05, 0) is 90.3 Å². The first-order valence-corrected chi connectivity index (χ1v) is 13.5. The van der Waals surface area contributed by atoms with Crippen molar-refractivity contribution in [3.8, 4) is 11.5 Å². The molecule has 0 atom stereocenters. The van der Waals surface area contributed by atoms with Gasteiger partial charge in [0.05, 0.1) is 18.6 Å². The Balaban J connectivity index is 1.42. The van der Waals surface area contributed by atoms with Crippen LogP contribution in [0.4, 0.5) is 10.5 Å². The predicted molar refractivity (Wildman–Crippen MR) is 154 cm³/mol. The molecule has 196 valence electrons. The molecular formula is C28H24BrClN2O5S. The van der Waals surface area contributed by atoms with Crippen molar-refractivity contribution in [2.75, 3.05) is 19.0 Å². The normalized spacial score (nSPS) is 14.2. The summed E-state index contributed by atoms with van der Waals surface area (Å²) in [4.78, 5) is 39.4. The highest BCUT2D eigenvalue weighted by Crippen LogP contribution is 2.35. The molecule has 0 radical (unpaired) electrons. The molecule has 0 unspecified atom stereocenters. The fraction of sp³-hybridized carbons (Fsp3) is 0.179. The zero-order valence-electron chi connectivity index (χ0n) is 20.8. The second-order valence-corrected chi connectivity index (χ2v) is 10.8. The van der Waals surface area contributed by atoms with Crippen molar-refractivity contribution in [3.63, 3.8) is 0 Å². The second-order valence-electron chi connectivity index (χ2n) is 8.49. The molecule has 0 aromatic heterocycles. The Morgan fingerprint density at radius 1 is 1.05 bits per heavy atom. The monoisotopic (exact) mass is 614 g/mol. The molecule has 4 rings (SSSR count). The second kappa shape index (κ2) is 12.1. The van der Waals surface area contributed by atoms with E-state index in [9.17, 15) is 14.4 Å². The summed E-state index contributed by atoms with van der Waals surface area (Å²) < 4.78 is 12.1. The van der Waals surface area contributed by atoms with Crippen LogP contribution in [0, 0.1) is 13.8 Å². The van der Waals surface area contributed by atoms with E-state index in [4.69, 9.17) is 21.1 Å². The quantitative estimate of drug-likeness (QED) is 0.275. The van der Waals surface area contributed by atoms with Gasteiger partial charge in [-0.25, -0.2) is 0 Å². The molecule has 38 heavy (non-hydrogen) atoms. The van der Waals surface area contributed by atoms with Crippen LogP contribution in [-0.4, -0.2) is 35.7 Å². The van der Waals surface area contributed by atoms with Crippen LogP contribution in [0.5, 0.6) is 11.5 Å². The number of carbonyl (C=O) groups is 3. The number of carbonyl (C=O) groups excluding carboxylic acids is 3. The summed E-state index contributed by atoms with van der Waals surface area (Å²) in [5.41, 5.74) is 4.18. The van der Waals surface area contributed by atoms with Gasteiger partial charge in [-0.15, -0.1) is 0 Å². The lowest BCUT2D eigenvalue weighted by atomic mass is 10.1. The third-order valence-corrected chi connectivity index (χ3v) is 7.99. The Morgan fingerprint density at radius 3 is 2.50 bits per heavy atom. The minimum Gasteiger partial charge on any atom is -0.493 e. The number of rotatable bonds is 8. The van der Waals surface area contributed by atoms with Gasteiger partial charge < -0.3 is 14.8 Å². The van der Waals surface area contributed by atoms with Gasteiger partial charge in [0.2, 0.25) is 0 Å². The molecular weight excluding hydrogens is 592 g/mol. The van der Waals surface area contributed by atoms with E-state index in [1.807, 2.05) is 26.0 Å². The van der Waals surface area contributed by atoms with E-state index >= 15 is 0 Å². The first kappa shape index (κ1) is 27.8. The number of nitrogens with zero attached hydrogens (tertiary/aromatic N) is 1. The smallest absolute Gasteiger partial charge is 0.293 e. The predicted octanol–water partition coefficient (Wildman–Crippen LogP) is 6.98. The van der Waals surface area contributed by atoms with Crippen LogP contribution in [-0.2, 0) is 16.1 Å². The van der Waals surface area contributed by atoms with Crippen LogP contribution in [0.3, 0.4) is 0 Å². The Hall–Kier alpha value is -3.27. The fourth-order valence-electron chi connectivity index (χ4n) is 3.71. The van der Waals surface area contributed by atoms with Gasteiger partial charge in [0.1, 0.15) is 0 Å². The maximum absolute atomic E-state index is 12.9. The molecule has 0 aliphatic carbocycles. The molecule has 10 heteroatoms. The molecule has 1 saturated heterocycles. The summed E-state index contributed by atoms with van der Waals surface area (Å²) in [5.74, 6) is 0.0849. The molecule has 1 aliphatic heterocycles. The highest BCUT2D eigenvalue weighted by molar-refractivity contribution is 9.10. The molecule has 1 heterocycles. The van der Waals surface area contributed by atoms with Crippen molar-refractivity contribution >= 4 is 68.1 Å². The van der Waals surface area contributed by atoms with Gasteiger partial charge in [0.15, 0.2) is 18.1 Å². The van der Waals surface area contributed by atoms with E-state index in [0.717, 1.165) is 32.9 Å². The number of nitrogens with one attached hydrogen (secondary N) is 1. The average molecular weight is 616 g/mol. The first-order valence-electron chi connectivity index (χ1n) is 11.5. The number of anilines is 1. The van der Waals surface area contributed by atoms with Crippen LogP contribution in [0.15, 0.2) is 64.0 Å². The number of methoxy groups -OCH3 is 1. The van der Waals surface area contributed by atoms with Crippen molar-refractivity contribution in [2.45, 2.75) is 20.4 Å². The van der Waals surface area contributed by atoms with Crippen LogP contribution in [0.2, 0.25) is 5.02 Å². The Morgan fingerprint density at radius 2 is 1.79 bits per heavy atom. The average Bonchev–Trinajstić information content (AvgIpc) is 3.16. The van der Waals surface area contributed by atoms with Crippen LogP contribution in [0.1, 0.15) is 22.3 Å². The largest absolute Gasteiger partial charge is 0.493 e. The topological polar surface area (TPSA) is 84.9 Å². The lowest BCUT2D eigenvalue weighted by molar-refractivity contribution is -0.123. The Kier molecular flexibility index (Phi) is 8.81. The van der Waals surface area contributed by atoms with E-state index in [-0.39, 0.29) is 30.2 Å². The van der Waals surface area contributed by atoms with E-state index in [2.05, 4.69) is 21.2 Å². The first-order chi connectivity index (χ1) is 18.2. The summed E-state index contributed by atoms with van der Waals surface area (Å²) in [6, 6.07) is 15.8. The van der Waals surface area contributed by atoms with Gasteiger partial charge >= 0.3 is 0 Å². The third-order valence-electron chi connectivity index (χ3n) is 5.97. The minimum atomic E-state index is -0.371. The third kappa shape index (κ3) is 6.40. The summed E-state index contributed by atoms with van der Waals surface area (Å²) in [7, 11) is 1.49. The lowest BCUT2D eigenvalue weighted by Gasteiger charge is -2.14. The van der Waals surface area contributed by atoms with Crippen molar-refractivity contribution < 1.29 is 23.9 Å². The number of halogens is 2. The Labute approximate surface area is 238 Å². The van der Waals surface area contributed by atoms with Gasteiger partial charge in [0, 0.05) is 15.2 Å². The Bertz CT molecular complexity index is 1440. The zero-order chi connectivity index (χ0) is 27.4. The van der Waals surface area contributed by atoms with Crippen molar-refractivity contribution in [1.82, 2.24) is 4.90 Å². The summed E-state index contributed by atoms with van der Waals surface area (Å²) in [5, 5.41) is 3.10. The number of ether oxygens (including phenoxy) is 2. The molecule has 0 bridgehead atoms. The summed E-state index contributed by atoms with van der Waals surface area (Å²) in [6.45, 7) is 3.85. The van der Waals surface area contributed by atoms with Crippen LogP contribution < -0.4 is 14.8 Å². The molecule has 7 nitrogen and oxygen atoms in total. The SMILES string of the molecule is COc1cc(/C=C2/SC(=O)N(Cc3ccc(Cl)cc3)C2=O)ccc1OCC(=O)Nc1ccc(Br)c(C)c1C. The zero-order valence-corrected chi connectivity index (χ0v) is 24.0. The number of amides is 3. The lowest BCUT2D eigenvalue weighted by Crippen LogP contribution is -2.27. The number of imide groups is 1. The molecule has 1 fully saturated rings. The maximum Gasteiger partial charge on any atom is 0.293 e. The standard InChI is InChI=1S/C28H24BrClN2O5S/c1-16-17(2)22(10-9-21(16)29)31-26(33)15-37-23-11-6-19(12-24(23)36-3)13-25-27(34)32(28(35)38-25)14-18-4-7-20(30)8-5-18/h4-13H,14-15H2,1-3H3,(H,31,33)/b25-13+. The number of thioether (sulfide) groups is 1. The summed E-state index contributed by atoms with van der Waals surface area (Å²) in [6.07, 6.45) is 1.63. The van der Waals surface area contributed by atoms with E-state index in [1.165, 1.54) is 12.0 Å². The van der Waals surface area contributed by atoms with Crippen molar-refractivity contribution in [3.05, 3.63) is 91.3 Å². The number of hydrogen-bond acceptors (Lipinski definition) is 6. The molecule has 3 amide bonds. The van der Waals surface area contributed by atoms with Crippen LogP contribution in [0.25, 0.3) is 6.08 Å². The van der Waals surface area contributed by atoms with Gasteiger partial charge in [0.25, 0.3) is 17.1 Å². The highest BCUT2D eigenvalue weighted by Gasteiger charge is 2.35. The van der Waals surface area contributed by atoms with Crippen LogP contribution >= 0.6 is 39.3 Å². The number of hydrogen-bond donors (Lipinski definition) is 1. The molecule has 1 N–H and O–H groups in total. The van der Waals surface area contributed by atoms with Gasteiger partial charge in [-0.3, -0.25) is 19.3 Å². The molecule has 0 saturated carbocycles. The minimum absolute atomic E-state index is 0.163. The molecule has 3 aromatic rings. The van der Waals surface area contributed by atoms with E-state index in [1.54, 1.807) is 48.5 Å². The van der Waals surface area contributed by atoms with E-state index < -0.39 is 0 Å². The van der Waals surface area contributed by atoms with Crippen molar-refractivity contribution in [2.24, 2.45) is 0 Å². The molecule has 0 spiro atoms. The van der Waals surface area contributed by atoms with E-state index in [0.29, 0.717) is 32.7 Å². The molecule has 3 aromatic carbocycles. The summed E-state index contributed by atoms with van der Waals surface area (Å²) >= 11 is 10.3. The van der Waals surface area contributed by atoms with Gasteiger partial charge in [-0.2, -0.15) is 0 Å². The fourth-order valence-corrected chi connectivity index (χ4v) is 5.10. The van der Waals surface area contributed by atoms with Crippen molar-refractivity contribution in [1.29, 1.82) is 0 Å². The molecule has 1 aliphatic rings. The van der Waals surface area contributed by atoms with Gasteiger partial charge in [-0.1, -0.05) is 45.7 Å². The number of benzene rings is 3. The maximum atomic E-state index is 12.9. The highest BCUT2D eigenvalue weighted by atomic mass is 79.9.